The predicted molar refractivity (Wildman–Crippen MR) is 94.4 cm³/mol. The van der Waals surface area contributed by atoms with Gasteiger partial charge in [-0.15, -0.1) is 23.5 Å². The molecule has 0 amide bonds. The number of thioether (sulfide) groups is 2. The molecule has 1 unspecified atom stereocenters. The highest BCUT2D eigenvalue weighted by atomic mass is 32.2. The average Bonchev–Trinajstić information content (AvgIpc) is 2.93. The van der Waals surface area contributed by atoms with Crippen molar-refractivity contribution in [3.8, 4) is 0 Å². The highest BCUT2D eigenvalue weighted by Gasteiger charge is 2.14. The third-order valence-corrected chi connectivity index (χ3v) is 7.00. The lowest BCUT2D eigenvalue weighted by atomic mass is 10.0. The Labute approximate surface area is 130 Å². The topological polar surface area (TPSA) is 0 Å². The third kappa shape index (κ3) is 11.1. The van der Waals surface area contributed by atoms with Crippen LogP contribution in [0.15, 0.2) is 0 Å². The molecule has 114 valence electrons. The summed E-state index contributed by atoms with van der Waals surface area (Å²) in [4.78, 5) is 0. The lowest BCUT2D eigenvalue weighted by Crippen LogP contribution is -1.99. The molecule has 1 aliphatic heterocycles. The summed E-state index contributed by atoms with van der Waals surface area (Å²) in [5, 5.41) is 2.34. The first-order chi connectivity index (χ1) is 9.43. The largest absolute Gasteiger partial charge is 0.150 e. The minimum atomic E-state index is 0.994. The second-order valence-electron chi connectivity index (χ2n) is 5.96. The molecule has 0 aromatic carbocycles. The lowest BCUT2D eigenvalue weighted by molar-refractivity contribution is 0.539. The van der Waals surface area contributed by atoms with Crippen LogP contribution in [0.1, 0.15) is 90.4 Å². The van der Waals surface area contributed by atoms with E-state index in [9.17, 15) is 0 Å². The van der Waals surface area contributed by atoms with Crippen molar-refractivity contribution in [1.29, 1.82) is 0 Å². The molecule has 19 heavy (non-hydrogen) atoms. The van der Waals surface area contributed by atoms with E-state index in [1.165, 1.54) is 94.3 Å². The van der Waals surface area contributed by atoms with Crippen LogP contribution in [0.2, 0.25) is 0 Å². The molecule has 0 spiro atoms. The number of unbranched alkanes of at least 4 members (excludes halogenated alkanes) is 11. The van der Waals surface area contributed by atoms with Gasteiger partial charge in [-0.05, 0) is 6.42 Å². The summed E-state index contributed by atoms with van der Waals surface area (Å²) in [5.41, 5.74) is 0. The molecular formula is C17H34S2. The Hall–Kier alpha value is 0.700. The van der Waals surface area contributed by atoms with Crippen LogP contribution in [0.4, 0.5) is 0 Å². The summed E-state index contributed by atoms with van der Waals surface area (Å²) >= 11 is 4.32. The number of hydrogen-bond acceptors (Lipinski definition) is 2. The van der Waals surface area contributed by atoms with Gasteiger partial charge in [0.2, 0.25) is 0 Å². The van der Waals surface area contributed by atoms with Crippen LogP contribution in [-0.2, 0) is 0 Å². The quantitative estimate of drug-likeness (QED) is 0.340. The molecule has 0 radical (unpaired) electrons. The van der Waals surface area contributed by atoms with E-state index in [1.807, 2.05) is 0 Å². The first kappa shape index (κ1) is 17.8. The van der Waals surface area contributed by atoms with E-state index in [2.05, 4.69) is 30.4 Å². The Balaban J connectivity index is 1.67. The van der Waals surface area contributed by atoms with Gasteiger partial charge in [0.1, 0.15) is 0 Å². The van der Waals surface area contributed by atoms with Gasteiger partial charge in [0.05, 0.1) is 0 Å². The zero-order valence-corrected chi connectivity index (χ0v) is 14.6. The minimum Gasteiger partial charge on any atom is -0.150 e. The number of rotatable bonds is 13. The second-order valence-corrected chi connectivity index (χ2v) is 8.64. The summed E-state index contributed by atoms with van der Waals surface area (Å²) in [6, 6.07) is 0. The molecule has 1 aliphatic rings. The van der Waals surface area contributed by atoms with Crippen molar-refractivity contribution in [2.75, 3.05) is 10.8 Å². The molecule has 1 atom stereocenters. The fourth-order valence-corrected chi connectivity index (χ4v) is 5.73. The molecule has 1 fully saturated rings. The Bertz CT molecular complexity index is 176. The molecule has 0 aliphatic carbocycles. The Morgan fingerprint density at radius 2 is 1.26 bits per heavy atom. The van der Waals surface area contributed by atoms with Crippen LogP contribution in [0.5, 0.6) is 0 Å². The first-order valence-electron chi connectivity index (χ1n) is 8.63. The summed E-state index contributed by atoms with van der Waals surface area (Å²) in [6.07, 6.45) is 19.1. The molecule has 0 N–H and O–H groups in total. The van der Waals surface area contributed by atoms with Gasteiger partial charge >= 0.3 is 0 Å². The van der Waals surface area contributed by atoms with Crippen molar-refractivity contribution in [2.24, 2.45) is 0 Å². The monoisotopic (exact) mass is 302 g/mol. The van der Waals surface area contributed by atoms with Crippen LogP contribution in [0, 0.1) is 0 Å². The molecule has 0 aromatic heterocycles. The zero-order valence-electron chi connectivity index (χ0n) is 13.0. The molecule has 1 heterocycles. The fraction of sp³-hybridized carbons (Fsp3) is 1.00. The van der Waals surface area contributed by atoms with Gasteiger partial charge in [-0.2, -0.15) is 0 Å². The fourth-order valence-electron chi connectivity index (χ4n) is 2.75. The summed E-state index contributed by atoms with van der Waals surface area (Å²) in [7, 11) is 0. The summed E-state index contributed by atoms with van der Waals surface area (Å²) in [6.45, 7) is 2.30. The highest BCUT2D eigenvalue weighted by Crippen LogP contribution is 2.32. The van der Waals surface area contributed by atoms with Gasteiger partial charge in [0.25, 0.3) is 0 Å². The van der Waals surface area contributed by atoms with Crippen molar-refractivity contribution in [2.45, 2.75) is 95.6 Å². The third-order valence-electron chi connectivity index (χ3n) is 4.07. The molecule has 0 bridgehead atoms. The Kier molecular flexibility index (Phi) is 12.8. The molecular weight excluding hydrogens is 268 g/mol. The molecule has 2 heteroatoms. The molecule has 0 saturated carbocycles. The highest BCUT2D eigenvalue weighted by molar-refractivity contribution is 8.19. The maximum Gasteiger partial charge on any atom is 0.0395 e. The second kappa shape index (κ2) is 13.7. The van der Waals surface area contributed by atoms with E-state index in [1.54, 1.807) is 0 Å². The zero-order chi connectivity index (χ0) is 13.6. The van der Waals surface area contributed by atoms with E-state index in [4.69, 9.17) is 0 Å². The van der Waals surface area contributed by atoms with Crippen LogP contribution in [0.25, 0.3) is 0 Å². The van der Waals surface area contributed by atoms with Crippen molar-refractivity contribution in [3.05, 3.63) is 0 Å². The van der Waals surface area contributed by atoms with E-state index < -0.39 is 0 Å². The molecule has 0 nitrogen and oxygen atoms in total. The van der Waals surface area contributed by atoms with Gasteiger partial charge < -0.3 is 0 Å². The van der Waals surface area contributed by atoms with Gasteiger partial charge in [-0.3, -0.25) is 0 Å². The van der Waals surface area contributed by atoms with Crippen LogP contribution in [-0.4, -0.2) is 16.1 Å². The summed E-state index contributed by atoms with van der Waals surface area (Å²) in [5.74, 6) is 1.42. The van der Waals surface area contributed by atoms with Gasteiger partial charge in [-0.1, -0.05) is 84.0 Å². The minimum absolute atomic E-state index is 0.994. The van der Waals surface area contributed by atoms with Crippen LogP contribution >= 0.6 is 23.5 Å². The first-order valence-corrected chi connectivity index (χ1v) is 10.8. The van der Waals surface area contributed by atoms with E-state index in [0.29, 0.717) is 0 Å². The smallest absolute Gasteiger partial charge is 0.0395 e. The normalized spacial score (nSPS) is 19.1. The average molecular weight is 303 g/mol. The predicted octanol–water partition coefficient (Wildman–Crippen LogP) is 6.88. The lowest BCUT2D eigenvalue weighted by Gasteiger charge is -2.06. The van der Waals surface area contributed by atoms with Crippen molar-refractivity contribution < 1.29 is 0 Å². The van der Waals surface area contributed by atoms with E-state index in [0.717, 1.165) is 5.25 Å². The molecule has 0 aromatic rings. The Morgan fingerprint density at radius 1 is 0.737 bits per heavy atom. The molecule has 1 rings (SSSR count). The van der Waals surface area contributed by atoms with Gasteiger partial charge in [0.15, 0.2) is 0 Å². The van der Waals surface area contributed by atoms with Crippen LogP contribution in [0.3, 0.4) is 0 Å². The van der Waals surface area contributed by atoms with E-state index >= 15 is 0 Å². The maximum atomic E-state index is 2.30. The Morgan fingerprint density at radius 3 is 1.74 bits per heavy atom. The maximum absolute atomic E-state index is 2.30. The van der Waals surface area contributed by atoms with E-state index in [-0.39, 0.29) is 0 Å². The SMILES string of the molecule is CCCCCCCCCCCCCCC1CSCS1. The number of hydrogen-bond donors (Lipinski definition) is 0. The molecule has 1 saturated heterocycles. The summed E-state index contributed by atoms with van der Waals surface area (Å²) < 4.78 is 0. The van der Waals surface area contributed by atoms with Crippen molar-refractivity contribution in [3.63, 3.8) is 0 Å². The standard InChI is InChI=1S/C17H34S2/c1-2-3-4-5-6-7-8-9-10-11-12-13-14-17-15-18-16-19-17/h17H,2-16H2,1H3. The van der Waals surface area contributed by atoms with Crippen molar-refractivity contribution >= 4 is 23.5 Å². The van der Waals surface area contributed by atoms with Crippen LogP contribution < -0.4 is 0 Å². The van der Waals surface area contributed by atoms with Gasteiger partial charge in [-0.25, -0.2) is 0 Å². The van der Waals surface area contributed by atoms with Gasteiger partial charge in [0, 0.05) is 16.1 Å². The van der Waals surface area contributed by atoms with Crippen molar-refractivity contribution in [1.82, 2.24) is 0 Å².